The van der Waals surface area contributed by atoms with Crippen molar-refractivity contribution >= 4 is 35.0 Å². The Morgan fingerprint density at radius 2 is 1.66 bits per heavy atom. The van der Waals surface area contributed by atoms with Crippen molar-refractivity contribution in [1.82, 2.24) is 15.3 Å². The number of hydrogen-bond acceptors (Lipinski definition) is 7. The molecule has 0 unspecified atom stereocenters. The molecule has 7 nitrogen and oxygen atoms in total. The van der Waals surface area contributed by atoms with Crippen LogP contribution in [0.2, 0.25) is 5.02 Å². The molecule has 0 saturated heterocycles. The molecule has 0 aliphatic rings. The van der Waals surface area contributed by atoms with Crippen molar-refractivity contribution in [2.45, 2.75) is 17.6 Å². The summed E-state index contributed by atoms with van der Waals surface area (Å²) in [5.41, 5.74) is 3.19. The van der Waals surface area contributed by atoms with Crippen LogP contribution in [0, 0.1) is 6.92 Å². The molecule has 3 aromatic carbocycles. The fourth-order valence-electron chi connectivity index (χ4n) is 3.48. The van der Waals surface area contributed by atoms with Crippen LogP contribution in [-0.2, 0) is 5.75 Å². The molecule has 0 spiro atoms. The minimum atomic E-state index is -0.291. The molecule has 0 atom stereocenters. The van der Waals surface area contributed by atoms with E-state index in [2.05, 4.69) is 20.6 Å². The highest BCUT2D eigenvalue weighted by Gasteiger charge is 2.22. The van der Waals surface area contributed by atoms with Crippen LogP contribution >= 0.6 is 23.4 Å². The Hall–Kier alpha value is -3.88. The Morgan fingerprint density at radius 1 is 0.914 bits per heavy atom. The maximum absolute atomic E-state index is 13.2. The summed E-state index contributed by atoms with van der Waals surface area (Å²) in [6.07, 6.45) is 0. The Labute approximate surface area is 210 Å². The van der Waals surface area contributed by atoms with E-state index in [9.17, 15) is 4.79 Å². The summed E-state index contributed by atoms with van der Waals surface area (Å²) >= 11 is 7.44. The van der Waals surface area contributed by atoms with E-state index >= 15 is 0 Å². The Kier molecular flexibility index (Phi) is 6.65. The maximum Gasteiger partial charge on any atom is 0.261 e. The van der Waals surface area contributed by atoms with Gasteiger partial charge in [-0.3, -0.25) is 4.79 Å². The smallest absolute Gasteiger partial charge is 0.261 e. The number of thioether (sulfide) groups is 1. The number of nitrogens with one attached hydrogen (secondary N) is 1. The van der Waals surface area contributed by atoms with Gasteiger partial charge in [0.2, 0.25) is 0 Å². The van der Waals surface area contributed by atoms with E-state index in [0.717, 1.165) is 16.0 Å². The summed E-state index contributed by atoms with van der Waals surface area (Å²) in [7, 11) is 0. The van der Waals surface area contributed by atoms with Gasteiger partial charge in [-0.05, 0) is 43.3 Å². The van der Waals surface area contributed by atoms with Gasteiger partial charge in [-0.15, -0.1) is 11.8 Å². The van der Waals surface area contributed by atoms with Gasteiger partial charge in [-0.25, -0.2) is 0 Å². The molecule has 1 N–H and O–H groups in total. The van der Waals surface area contributed by atoms with E-state index in [1.54, 1.807) is 19.1 Å². The van der Waals surface area contributed by atoms with Crippen molar-refractivity contribution < 1.29 is 13.8 Å². The lowest BCUT2D eigenvalue weighted by Gasteiger charge is -2.10. The van der Waals surface area contributed by atoms with Gasteiger partial charge in [0, 0.05) is 21.0 Å². The second-order valence-corrected chi connectivity index (χ2v) is 9.04. The molecule has 0 aliphatic heterocycles. The number of halogens is 1. The number of aromatic nitrogens is 3. The number of amides is 1. The molecule has 9 heteroatoms. The zero-order valence-corrected chi connectivity index (χ0v) is 20.1. The largest absolute Gasteiger partial charge is 0.360 e. The molecule has 0 saturated carbocycles. The first-order chi connectivity index (χ1) is 17.1. The predicted octanol–water partition coefficient (Wildman–Crippen LogP) is 6.90. The first kappa shape index (κ1) is 22.9. The summed E-state index contributed by atoms with van der Waals surface area (Å²) in [4.78, 5) is 18.6. The van der Waals surface area contributed by atoms with E-state index < -0.39 is 0 Å². The van der Waals surface area contributed by atoms with E-state index in [1.807, 2.05) is 66.7 Å². The predicted molar refractivity (Wildman–Crippen MR) is 135 cm³/mol. The van der Waals surface area contributed by atoms with Crippen LogP contribution < -0.4 is 5.32 Å². The number of aryl methyl sites for hydroxylation is 1. The Balaban J connectivity index is 1.32. The van der Waals surface area contributed by atoms with Crippen molar-refractivity contribution in [3.8, 4) is 22.7 Å². The number of anilines is 1. The second-order valence-electron chi connectivity index (χ2n) is 7.59. The highest BCUT2D eigenvalue weighted by atomic mass is 35.5. The minimum absolute atomic E-state index is 0.291. The zero-order valence-electron chi connectivity index (χ0n) is 18.6. The molecule has 0 fully saturated rings. The van der Waals surface area contributed by atoms with Gasteiger partial charge >= 0.3 is 0 Å². The molecule has 0 bridgehead atoms. The molecule has 0 radical (unpaired) electrons. The topological polar surface area (TPSA) is 94.1 Å². The minimum Gasteiger partial charge on any atom is -0.360 e. The number of para-hydroxylation sites is 1. The lowest BCUT2D eigenvalue weighted by molar-refractivity contribution is 0.102. The fourth-order valence-corrected chi connectivity index (χ4v) is 4.46. The lowest BCUT2D eigenvalue weighted by Crippen LogP contribution is -2.14. The van der Waals surface area contributed by atoms with Crippen molar-refractivity contribution in [2.24, 2.45) is 0 Å². The van der Waals surface area contributed by atoms with Gasteiger partial charge in [0.1, 0.15) is 17.0 Å². The quantitative estimate of drug-likeness (QED) is 0.242. The molecule has 2 heterocycles. The Morgan fingerprint density at radius 3 is 2.46 bits per heavy atom. The van der Waals surface area contributed by atoms with Gasteiger partial charge in [0.25, 0.3) is 11.8 Å². The fraction of sp³-hybridized carbons (Fsp3) is 0.0769. The first-order valence-electron chi connectivity index (χ1n) is 10.7. The number of benzene rings is 3. The summed E-state index contributed by atoms with van der Waals surface area (Å²) in [5, 5.41) is 11.8. The van der Waals surface area contributed by atoms with Crippen LogP contribution in [0.15, 0.2) is 92.8 Å². The van der Waals surface area contributed by atoms with E-state index in [0.29, 0.717) is 45.2 Å². The average Bonchev–Trinajstić information content (AvgIpc) is 3.51. The number of rotatable bonds is 7. The Bertz CT molecular complexity index is 1470. The van der Waals surface area contributed by atoms with Crippen molar-refractivity contribution in [1.29, 1.82) is 0 Å². The summed E-state index contributed by atoms with van der Waals surface area (Å²) in [5.74, 6) is 1.59. The highest BCUT2D eigenvalue weighted by molar-refractivity contribution is 7.98. The third kappa shape index (κ3) is 5.13. The monoisotopic (exact) mass is 502 g/mol. The van der Waals surface area contributed by atoms with Crippen molar-refractivity contribution in [3.63, 3.8) is 0 Å². The number of carbonyl (C=O) groups excluding carboxylic acids is 1. The third-order valence-corrected chi connectivity index (χ3v) is 6.51. The number of carbonyl (C=O) groups is 1. The second kappa shape index (κ2) is 10.2. The summed E-state index contributed by atoms with van der Waals surface area (Å²) < 4.78 is 10.7. The van der Waals surface area contributed by atoms with Gasteiger partial charge in [0.15, 0.2) is 5.82 Å². The van der Waals surface area contributed by atoms with Gasteiger partial charge in [-0.1, -0.05) is 64.4 Å². The molecule has 174 valence electrons. The molecule has 5 rings (SSSR count). The van der Waals surface area contributed by atoms with E-state index in [-0.39, 0.29) is 5.91 Å². The molecule has 5 aromatic rings. The van der Waals surface area contributed by atoms with Crippen molar-refractivity contribution in [3.05, 3.63) is 101 Å². The van der Waals surface area contributed by atoms with Crippen LogP contribution in [0.3, 0.4) is 0 Å². The van der Waals surface area contributed by atoms with Crippen LogP contribution in [0.1, 0.15) is 21.9 Å². The summed E-state index contributed by atoms with van der Waals surface area (Å²) in [6, 6.07) is 24.2. The lowest BCUT2D eigenvalue weighted by atomic mass is 10.1. The molecule has 35 heavy (non-hydrogen) atoms. The number of nitrogens with zero attached hydrogens (tertiary/aromatic N) is 3. The van der Waals surface area contributed by atoms with E-state index in [4.69, 9.17) is 20.6 Å². The van der Waals surface area contributed by atoms with Crippen LogP contribution in [0.4, 0.5) is 5.69 Å². The van der Waals surface area contributed by atoms with Gasteiger partial charge in [0.05, 0.1) is 11.4 Å². The molecule has 2 aromatic heterocycles. The SMILES string of the molecule is Cc1onc(-c2ccccc2)c1C(=O)Nc1ccccc1SCc1noc(-c2ccc(Cl)cc2)n1. The zero-order chi connectivity index (χ0) is 24.2. The van der Waals surface area contributed by atoms with Crippen molar-refractivity contribution in [2.75, 3.05) is 5.32 Å². The molecule has 0 aliphatic carbocycles. The van der Waals surface area contributed by atoms with Crippen LogP contribution in [0.25, 0.3) is 22.7 Å². The molecular weight excluding hydrogens is 484 g/mol. The van der Waals surface area contributed by atoms with E-state index in [1.165, 1.54) is 11.8 Å². The van der Waals surface area contributed by atoms with Crippen LogP contribution in [0.5, 0.6) is 0 Å². The van der Waals surface area contributed by atoms with Crippen LogP contribution in [-0.4, -0.2) is 21.2 Å². The molecule has 1 amide bonds. The maximum atomic E-state index is 13.2. The normalized spacial score (nSPS) is 10.9. The standard InChI is InChI=1S/C26H19ClN4O3S/c1-16-23(24(31-33-16)17-7-3-2-4-8-17)25(32)28-20-9-5-6-10-21(20)35-15-22-29-26(34-30-22)18-11-13-19(27)14-12-18/h2-14H,15H2,1H3,(H,28,32). The summed E-state index contributed by atoms with van der Waals surface area (Å²) in [6.45, 7) is 1.73. The van der Waals surface area contributed by atoms with Gasteiger partial charge < -0.3 is 14.4 Å². The average molecular weight is 503 g/mol. The highest BCUT2D eigenvalue weighted by Crippen LogP contribution is 2.32. The van der Waals surface area contributed by atoms with Gasteiger partial charge in [-0.2, -0.15) is 4.98 Å². The number of hydrogen-bond donors (Lipinski definition) is 1. The molecular formula is C26H19ClN4O3S. The third-order valence-electron chi connectivity index (χ3n) is 5.19. The first-order valence-corrected chi connectivity index (χ1v) is 12.1.